The maximum atomic E-state index is 14.5. The van der Waals surface area contributed by atoms with E-state index in [1.807, 2.05) is 0 Å². The van der Waals surface area contributed by atoms with Crippen molar-refractivity contribution in [1.29, 1.82) is 0 Å². The van der Waals surface area contributed by atoms with Crippen LogP contribution in [-0.2, 0) is 4.74 Å². The predicted octanol–water partition coefficient (Wildman–Crippen LogP) is 2.71. The molecule has 0 bridgehead atoms. The van der Waals surface area contributed by atoms with E-state index in [2.05, 4.69) is 0 Å². The second-order valence-corrected chi connectivity index (χ2v) is 5.30. The van der Waals surface area contributed by atoms with Crippen LogP contribution in [0.25, 0.3) is 21.7 Å². The third-order valence-electron chi connectivity index (χ3n) is 3.69. The first-order valence-corrected chi connectivity index (χ1v) is 6.86. The molecule has 0 unspecified atom stereocenters. The highest BCUT2D eigenvalue weighted by Crippen LogP contribution is 2.33. The van der Waals surface area contributed by atoms with Crippen molar-refractivity contribution in [3.63, 3.8) is 0 Å². The molecule has 0 saturated carbocycles. The Labute approximate surface area is 127 Å². The fourth-order valence-electron chi connectivity index (χ4n) is 2.59. The van der Waals surface area contributed by atoms with E-state index in [1.54, 1.807) is 0 Å². The van der Waals surface area contributed by atoms with Gasteiger partial charge >= 0.3 is 5.63 Å². The van der Waals surface area contributed by atoms with E-state index in [0.29, 0.717) is 13.2 Å². The standard InChI is InChI=1S/C16H10F2O5/c17-11-1-7(19)2-13-15(11)14-10(16(20)23-13)3-8(4-12(14)18)22-9-5-21-6-9/h1-4,9,19H,5-6H2. The number of phenolic OH excluding ortho intramolecular Hbond substituents is 1. The molecule has 1 aromatic heterocycles. The second kappa shape index (κ2) is 4.92. The van der Waals surface area contributed by atoms with Crippen LogP contribution in [0, 0.1) is 11.6 Å². The number of phenols is 1. The molecule has 0 aliphatic carbocycles. The minimum absolute atomic E-state index is 0.127. The first-order chi connectivity index (χ1) is 11.0. The van der Waals surface area contributed by atoms with Crippen molar-refractivity contribution in [1.82, 2.24) is 0 Å². The summed E-state index contributed by atoms with van der Waals surface area (Å²) in [5.41, 5.74) is -1.06. The third kappa shape index (κ3) is 2.20. The van der Waals surface area contributed by atoms with E-state index in [4.69, 9.17) is 13.9 Å². The zero-order chi connectivity index (χ0) is 16.1. The van der Waals surface area contributed by atoms with Crippen molar-refractivity contribution in [2.24, 2.45) is 0 Å². The van der Waals surface area contributed by atoms with E-state index in [1.165, 1.54) is 6.07 Å². The monoisotopic (exact) mass is 320 g/mol. The number of benzene rings is 2. The van der Waals surface area contributed by atoms with Gasteiger partial charge in [0.15, 0.2) is 0 Å². The van der Waals surface area contributed by atoms with Crippen LogP contribution in [0.15, 0.2) is 33.5 Å². The Morgan fingerprint density at radius 3 is 2.52 bits per heavy atom. The molecule has 0 spiro atoms. The fourth-order valence-corrected chi connectivity index (χ4v) is 2.59. The molecular weight excluding hydrogens is 310 g/mol. The van der Waals surface area contributed by atoms with Crippen molar-refractivity contribution in [3.8, 4) is 11.5 Å². The van der Waals surface area contributed by atoms with Crippen LogP contribution in [0.2, 0.25) is 0 Å². The highest BCUT2D eigenvalue weighted by molar-refractivity contribution is 6.05. The van der Waals surface area contributed by atoms with Crippen LogP contribution in [0.4, 0.5) is 8.78 Å². The Bertz CT molecular complexity index is 991. The van der Waals surface area contributed by atoms with Crippen LogP contribution in [-0.4, -0.2) is 24.4 Å². The zero-order valence-corrected chi connectivity index (χ0v) is 11.6. The molecule has 2 aromatic carbocycles. The highest BCUT2D eigenvalue weighted by Gasteiger charge is 2.22. The molecule has 0 atom stereocenters. The maximum absolute atomic E-state index is 14.5. The summed E-state index contributed by atoms with van der Waals surface area (Å²) in [6.07, 6.45) is -0.201. The van der Waals surface area contributed by atoms with Gasteiger partial charge in [-0.3, -0.25) is 0 Å². The van der Waals surface area contributed by atoms with Gasteiger partial charge in [0.05, 0.1) is 24.0 Å². The van der Waals surface area contributed by atoms with Crippen molar-refractivity contribution >= 4 is 21.7 Å². The second-order valence-electron chi connectivity index (χ2n) is 5.30. The molecule has 7 heteroatoms. The molecule has 4 rings (SSSR count). The molecule has 0 amide bonds. The minimum atomic E-state index is -0.881. The number of rotatable bonds is 2. The summed E-state index contributed by atoms with van der Waals surface area (Å²) in [5, 5.41) is 8.86. The van der Waals surface area contributed by atoms with Gasteiger partial charge in [-0.05, 0) is 6.07 Å². The molecule has 1 aliphatic heterocycles. The molecular formula is C16H10F2O5. The predicted molar refractivity (Wildman–Crippen MR) is 76.8 cm³/mol. The number of hydrogen-bond donors (Lipinski definition) is 1. The summed E-state index contributed by atoms with van der Waals surface area (Å²) in [5.74, 6) is -1.95. The highest BCUT2D eigenvalue weighted by atomic mass is 19.1. The first kappa shape index (κ1) is 14.0. The zero-order valence-electron chi connectivity index (χ0n) is 11.6. The SMILES string of the molecule is O=c1oc2cc(O)cc(F)c2c2c(F)cc(OC3COC3)cc12. The lowest BCUT2D eigenvalue weighted by molar-refractivity contribution is -0.0797. The topological polar surface area (TPSA) is 68.9 Å². The Morgan fingerprint density at radius 1 is 1.09 bits per heavy atom. The van der Waals surface area contributed by atoms with Crippen molar-refractivity contribution in [2.75, 3.05) is 13.2 Å². The molecule has 118 valence electrons. The first-order valence-electron chi connectivity index (χ1n) is 6.86. The van der Waals surface area contributed by atoms with Crippen molar-refractivity contribution < 1.29 is 27.8 Å². The van der Waals surface area contributed by atoms with Gasteiger partial charge in [-0.1, -0.05) is 0 Å². The third-order valence-corrected chi connectivity index (χ3v) is 3.69. The van der Waals surface area contributed by atoms with Gasteiger partial charge in [-0.2, -0.15) is 0 Å². The van der Waals surface area contributed by atoms with E-state index in [9.17, 15) is 18.7 Å². The van der Waals surface area contributed by atoms with Gasteiger partial charge in [-0.25, -0.2) is 13.6 Å². The maximum Gasteiger partial charge on any atom is 0.344 e. The van der Waals surface area contributed by atoms with E-state index in [-0.39, 0.29) is 33.6 Å². The van der Waals surface area contributed by atoms with E-state index in [0.717, 1.165) is 18.2 Å². The summed E-state index contributed by atoms with van der Waals surface area (Å²) in [4.78, 5) is 12.1. The normalized spacial score (nSPS) is 15.0. The number of hydrogen-bond acceptors (Lipinski definition) is 5. The minimum Gasteiger partial charge on any atom is -0.508 e. The number of ether oxygens (including phenoxy) is 2. The Morgan fingerprint density at radius 2 is 1.83 bits per heavy atom. The number of aromatic hydroxyl groups is 1. The molecule has 2 heterocycles. The summed E-state index contributed by atoms with van der Waals surface area (Å²) in [6.45, 7) is 0.778. The smallest absolute Gasteiger partial charge is 0.344 e. The average molecular weight is 320 g/mol. The van der Waals surface area contributed by atoms with Gasteiger partial charge in [-0.15, -0.1) is 0 Å². The Kier molecular flexibility index (Phi) is 2.99. The Hall–Kier alpha value is -2.67. The van der Waals surface area contributed by atoms with Crippen LogP contribution in [0.1, 0.15) is 0 Å². The van der Waals surface area contributed by atoms with Crippen LogP contribution in [0.3, 0.4) is 0 Å². The lowest BCUT2D eigenvalue weighted by Gasteiger charge is -2.26. The van der Waals surface area contributed by atoms with Crippen LogP contribution < -0.4 is 10.4 Å². The molecule has 1 N–H and O–H groups in total. The molecule has 3 aromatic rings. The Balaban J connectivity index is 2.02. The number of fused-ring (bicyclic) bond motifs is 3. The summed E-state index contributed by atoms with van der Waals surface area (Å²) in [6, 6.07) is 4.30. The quantitative estimate of drug-likeness (QED) is 0.581. The van der Waals surface area contributed by atoms with Crippen LogP contribution >= 0.6 is 0 Å². The summed E-state index contributed by atoms with van der Waals surface area (Å²) >= 11 is 0. The largest absolute Gasteiger partial charge is 0.508 e. The molecule has 1 saturated heterocycles. The molecule has 0 radical (unpaired) electrons. The van der Waals surface area contributed by atoms with E-state index >= 15 is 0 Å². The average Bonchev–Trinajstić information content (AvgIpc) is 2.43. The fraction of sp³-hybridized carbons (Fsp3) is 0.188. The lowest BCUT2D eigenvalue weighted by atomic mass is 10.1. The van der Waals surface area contributed by atoms with Gasteiger partial charge in [0.2, 0.25) is 0 Å². The molecule has 5 nitrogen and oxygen atoms in total. The van der Waals surface area contributed by atoms with Gasteiger partial charge < -0.3 is 19.0 Å². The molecule has 23 heavy (non-hydrogen) atoms. The molecule has 1 fully saturated rings. The summed E-state index contributed by atoms with van der Waals surface area (Å²) in [7, 11) is 0. The van der Waals surface area contributed by atoms with Gasteiger partial charge in [0.25, 0.3) is 0 Å². The van der Waals surface area contributed by atoms with Gasteiger partial charge in [0, 0.05) is 23.6 Å². The van der Waals surface area contributed by atoms with E-state index < -0.39 is 23.0 Å². The van der Waals surface area contributed by atoms with Crippen molar-refractivity contribution in [3.05, 3.63) is 46.3 Å². The molecule has 1 aliphatic rings. The summed E-state index contributed by atoms with van der Waals surface area (Å²) < 4.78 is 44.0. The van der Waals surface area contributed by atoms with Crippen LogP contribution in [0.5, 0.6) is 11.5 Å². The number of halogens is 2. The van der Waals surface area contributed by atoms with Crippen molar-refractivity contribution in [2.45, 2.75) is 6.10 Å². The lowest BCUT2D eigenvalue weighted by Crippen LogP contribution is -2.38. The van der Waals surface area contributed by atoms with Gasteiger partial charge in [0.1, 0.15) is 34.8 Å².